The molecule has 144 valence electrons. The van der Waals surface area contributed by atoms with E-state index >= 15 is 0 Å². The number of rotatable bonds is 6. The summed E-state index contributed by atoms with van der Waals surface area (Å²) in [6, 6.07) is 6.29. The molecule has 1 saturated carbocycles. The second-order valence-corrected chi connectivity index (χ2v) is 7.37. The first kappa shape index (κ1) is 19.1. The minimum Gasteiger partial charge on any atom is -0.379 e. The molecule has 2 aliphatic rings. The van der Waals surface area contributed by atoms with Crippen LogP contribution in [0.4, 0.5) is 9.18 Å². The molecule has 5 nitrogen and oxygen atoms in total. The third kappa shape index (κ3) is 5.17. The molecule has 0 radical (unpaired) electrons. The fourth-order valence-electron chi connectivity index (χ4n) is 4.13. The molecule has 1 aromatic carbocycles. The number of hydrogen-bond donors (Lipinski definition) is 2. The van der Waals surface area contributed by atoms with Gasteiger partial charge in [-0.15, -0.1) is 0 Å². The molecule has 26 heavy (non-hydrogen) atoms. The quantitative estimate of drug-likeness (QED) is 0.817. The predicted octanol–water partition coefficient (Wildman–Crippen LogP) is 2.70. The van der Waals surface area contributed by atoms with Gasteiger partial charge in [0.15, 0.2) is 0 Å². The molecule has 1 aliphatic carbocycles. The second-order valence-electron chi connectivity index (χ2n) is 7.37. The minimum atomic E-state index is -0.236. The van der Waals surface area contributed by atoms with Gasteiger partial charge in [-0.2, -0.15) is 0 Å². The van der Waals surface area contributed by atoms with Gasteiger partial charge in [0.1, 0.15) is 5.82 Å². The van der Waals surface area contributed by atoms with Gasteiger partial charge < -0.3 is 15.4 Å². The molecular weight excluding hydrogens is 333 g/mol. The predicted molar refractivity (Wildman–Crippen MR) is 99.7 cm³/mol. The summed E-state index contributed by atoms with van der Waals surface area (Å²) in [7, 11) is 0. The van der Waals surface area contributed by atoms with Crippen molar-refractivity contribution < 1.29 is 13.9 Å². The zero-order valence-corrected chi connectivity index (χ0v) is 15.4. The molecule has 1 aromatic rings. The van der Waals surface area contributed by atoms with Crippen LogP contribution in [0.1, 0.15) is 37.7 Å². The van der Waals surface area contributed by atoms with E-state index in [-0.39, 0.29) is 17.4 Å². The van der Waals surface area contributed by atoms with Gasteiger partial charge in [0.25, 0.3) is 0 Å². The average Bonchev–Trinajstić information content (AvgIpc) is 2.69. The van der Waals surface area contributed by atoms with E-state index in [2.05, 4.69) is 15.5 Å². The van der Waals surface area contributed by atoms with Crippen LogP contribution in [0.2, 0.25) is 0 Å². The smallest absolute Gasteiger partial charge is 0.314 e. The van der Waals surface area contributed by atoms with Gasteiger partial charge in [-0.05, 0) is 37.0 Å². The van der Waals surface area contributed by atoms with Crippen molar-refractivity contribution in [2.75, 3.05) is 39.4 Å². The van der Waals surface area contributed by atoms with Crippen molar-refractivity contribution in [2.24, 2.45) is 0 Å². The van der Waals surface area contributed by atoms with Crippen molar-refractivity contribution in [3.8, 4) is 0 Å². The van der Waals surface area contributed by atoms with Gasteiger partial charge >= 0.3 is 6.03 Å². The number of nitrogens with one attached hydrogen (secondary N) is 2. The Morgan fingerprint density at radius 2 is 1.77 bits per heavy atom. The number of carbonyl (C=O) groups excluding carboxylic acids is 1. The van der Waals surface area contributed by atoms with Crippen LogP contribution < -0.4 is 10.6 Å². The van der Waals surface area contributed by atoms with Crippen LogP contribution in [0.25, 0.3) is 0 Å². The summed E-state index contributed by atoms with van der Waals surface area (Å²) in [5.74, 6) is -0.236. The molecule has 6 heteroatoms. The van der Waals surface area contributed by atoms with Crippen LogP contribution in [0, 0.1) is 5.82 Å². The van der Waals surface area contributed by atoms with Gasteiger partial charge in [-0.25, -0.2) is 9.18 Å². The summed E-state index contributed by atoms with van der Waals surface area (Å²) in [5, 5.41) is 6.01. The number of nitrogens with zero attached hydrogens (tertiary/aromatic N) is 1. The van der Waals surface area contributed by atoms with E-state index in [1.165, 1.54) is 31.4 Å². The highest BCUT2D eigenvalue weighted by Crippen LogP contribution is 2.33. The molecule has 0 aromatic heterocycles. The molecule has 0 unspecified atom stereocenters. The van der Waals surface area contributed by atoms with E-state index < -0.39 is 0 Å². The van der Waals surface area contributed by atoms with E-state index in [9.17, 15) is 9.18 Å². The molecule has 1 saturated heterocycles. The number of hydrogen-bond acceptors (Lipinski definition) is 3. The summed E-state index contributed by atoms with van der Waals surface area (Å²) in [5.41, 5.74) is 1.10. The van der Waals surface area contributed by atoms with Crippen LogP contribution in [-0.4, -0.2) is 55.9 Å². The van der Waals surface area contributed by atoms with Gasteiger partial charge in [-0.1, -0.05) is 31.4 Å². The highest BCUT2D eigenvalue weighted by Gasteiger charge is 2.38. The Labute approximate surface area is 155 Å². The number of carbonyl (C=O) groups is 1. The average molecular weight is 363 g/mol. The third-order valence-electron chi connectivity index (χ3n) is 5.66. The van der Waals surface area contributed by atoms with Gasteiger partial charge in [0.05, 0.1) is 13.2 Å². The van der Waals surface area contributed by atoms with Crippen LogP contribution in [0.5, 0.6) is 0 Å². The van der Waals surface area contributed by atoms with Crippen LogP contribution >= 0.6 is 0 Å². The minimum absolute atomic E-state index is 0.0797. The standard InChI is InChI=1S/C20H30FN3O2/c21-18-6-4-17(5-7-18)8-11-22-19(25)23-16-20(9-2-1-3-10-20)24-12-14-26-15-13-24/h4-7H,1-3,8-16H2,(H2,22,23,25). The highest BCUT2D eigenvalue weighted by molar-refractivity contribution is 5.73. The maximum Gasteiger partial charge on any atom is 0.314 e. The largest absolute Gasteiger partial charge is 0.379 e. The first-order valence-corrected chi connectivity index (χ1v) is 9.77. The van der Waals surface area contributed by atoms with E-state index in [0.29, 0.717) is 19.5 Å². The molecule has 2 N–H and O–H groups in total. The maximum atomic E-state index is 12.9. The van der Waals surface area contributed by atoms with Crippen molar-refractivity contribution >= 4 is 6.03 Å². The molecule has 0 atom stereocenters. The zero-order valence-electron chi connectivity index (χ0n) is 15.4. The summed E-state index contributed by atoms with van der Waals surface area (Å²) in [6.07, 6.45) is 6.72. The summed E-state index contributed by atoms with van der Waals surface area (Å²) in [6.45, 7) is 4.70. The number of ether oxygens (including phenoxy) is 1. The lowest BCUT2D eigenvalue weighted by molar-refractivity contribution is -0.0357. The Balaban J connectivity index is 1.45. The van der Waals surface area contributed by atoms with Gasteiger partial charge in [0.2, 0.25) is 0 Å². The van der Waals surface area contributed by atoms with E-state index in [4.69, 9.17) is 4.74 Å². The number of halogens is 1. The lowest BCUT2D eigenvalue weighted by Gasteiger charge is -2.48. The summed E-state index contributed by atoms with van der Waals surface area (Å²) >= 11 is 0. The zero-order chi connectivity index (χ0) is 18.2. The van der Waals surface area contributed by atoms with Crippen molar-refractivity contribution in [3.63, 3.8) is 0 Å². The Bertz CT molecular complexity index is 567. The molecule has 3 rings (SSSR count). The van der Waals surface area contributed by atoms with Crippen molar-refractivity contribution in [1.82, 2.24) is 15.5 Å². The number of morpholine rings is 1. The topological polar surface area (TPSA) is 53.6 Å². The molecular formula is C20H30FN3O2. The Morgan fingerprint density at radius 1 is 1.08 bits per heavy atom. The Morgan fingerprint density at radius 3 is 2.46 bits per heavy atom. The van der Waals surface area contributed by atoms with Crippen molar-refractivity contribution in [1.29, 1.82) is 0 Å². The van der Waals surface area contributed by atoms with Crippen LogP contribution in [-0.2, 0) is 11.2 Å². The molecule has 2 amide bonds. The summed E-state index contributed by atoms with van der Waals surface area (Å²) in [4.78, 5) is 14.8. The second kappa shape index (κ2) is 9.33. The van der Waals surface area contributed by atoms with Gasteiger partial charge in [-0.3, -0.25) is 4.90 Å². The van der Waals surface area contributed by atoms with Crippen molar-refractivity contribution in [2.45, 2.75) is 44.1 Å². The van der Waals surface area contributed by atoms with E-state index in [0.717, 1.165) is 44.7 Å². The molecule has 2 fully saturated rings. The monoisotopic (exact) mass is 363 g/mol. The maximum absolute atomic E-state index is 12.9. The van der Waals surface area contributed by atoms with E-state index in [1.807, 2.05) is 0 Å². The van der Waals surface area contributed by atoms with Crippen LogP contribution in [0.3, 0.4) is 0 Å². The fraction of sp³-hybridized carbons (Fsp3) is 0.650. The molecule has 0 spiro atoms. The lowest BCUT2D eigenvalue weighted by atomic mass is 9.80. The van der Waals surface area contributed by atoms with Crippen LogP contribution in [0.15, 0.2) is 24.3 Å². The first-order chi connectivity index (χ1) is 12.7. The number of urea groups is 1. The summed E-state index contributed by atoms with van der Waals surface area (Å²) < 4.78 is 18.4. The van der Waals surface area contributed by atoms with Gasteiger partial charge in [0, 0.05) is 31.7 Å². The Kier molecular flexibility index (Phi) is 6.86. The SMILES string of the molecule is O=C(NCCc1ccc(F)cc1)NCC1(N2CCOCC2)CCCCC1. The first-order valence-electron chi connectivity index (χ1n) is 9.77. The Hall–Kier alpha value is -1.66. The normalized spacial score (nSPS) is 20.5. The van der Waals surface area contributed by atoms with E-state index in [1.54, 1.807) is 12.1 Å². The fourth-order valence-corrected chi connectivity index (χ4v) is 4.13. The number of amides is 2. The lowest BCUT2D eigenvalue weighted by Crippen LogP contribution is -2.60. The van der Waals surface area contributed by atoms with Crippen molar-refractivity contribution in [3.05, 3.63) is 35.6 Å². The number of benzene rings is 1. The molecule has 1 heterocycles. The highest BCUT2D eigenvalue weighted by atomic mass is 19.1. The third-order valence-corrected chi connectivity index (χ3v) is 5.66. The molecule has 0 bridgehead atoms. The molecule has 1 aliphatic heterocycles.